The first-order chi connectivity index (χ1) is 8.82. The largest absolute Gasteiger partial charge is 0.480 e. The van der Waals surface area contributed by atoms with Crippen molar-refractivity contribution in [1.82, 2.24) is 4.90 Å². The summed E-state index contributed by atoms with van der Waals surface area (Å²) < 4.78 is 40.1. The lowest BCUT2D eigenvalue weighted by atomic mass is 9.93. The van der Waals surface area contributed by atoms with Gasteiger partial charge in [-0.25, -0.2) is 0 Å². The van der Waals surface area contributed by atoms with E-state index < -0.39 is 24.3 Å². The highest BCUT2D eigenvalue weighted by Gasteiger charge is 2.45. The van der Waals surface area contributed by atoms with Crippen molar-refractivity contribution in [3.63, 3.8) is 0 Å². The number of halogens is 3. The zero-order chi connectivity index (χ0) is 14.5. The minimum Gasteiger partial charge on any atom is -0.480 e. The van der Waals surface area contributed by atoms with Crippen molar-refractivity contribution in [3.05, 3.63) is 0 Å². The van der Waals surface area contributed by atoms with Gasteiger partial charge in [0.05, 0.1) is 0 Å². The molecular weight excluding hydrogens is 263 g/mol. The van der Waals surface area contributed by atoms with Gasteiger partial charge in [-0.1, -0.05) is 6.92 Å². The van der Waals surface area contributed by atoms with E-state index in [9.17, 15) is 23.1 Å². The molecule has 0 aromatic rings. The number of hydrogen-bond acceptors (Lipinski definition) is 3. The van der Waals surface area contributed by atoms with Crippen LogP contribution in [-0.2, 0) is 9.53 Å². The Morgan fingerprint density at radius 2 is 2.16 bits per heavy atom. The Balaban J connectivity index is 2.34. The molecule has 112 valence electrons. The molecule has 1 fully saturated rings. The number of hydrogen-bond donors (Lipinski definition) is 1. The lowest BCUT2D eigenvalue weighted by Crippen LogP contribution is -2.50. The standard InChI is InChI=1S/C12H20F3NO3/c1-2-11(10(17)18)5-3-6-16(11)7-4-8-19-9-12(13,14)15/h2-9H2,1H3,(H,17,18). The number of aliphatic carboxylic acids is 1. The summed E-state index contributed by atoms with van der Waals surface area (Å²) in [6.07, 6.45) is -1.98. The number of carbonyl (C=O) groups is 1. The minimum atomic E-state index is -4.30. The molecule has 0 radical (unpaired) electrons. The van der Waals surface area contributed by atoms with Crippen LogP contribution in [0, 0.1) is 0 Å². The molecule has 0 aromatic heterocycles. The van der Waals surface area contributed by atoms with E-state index in [0.717, 1.165) is 6.42 Å². The molecule has 7 heteroatoms. The van der Waals surface area contributed by atoms with Gasteiger partial charge in [0.1, 0.15) is 12.1 Å². The molecule has 1 N–H and O–H groups in total. The summed E-state index contributed by atoms with van der Waals surface area (Å²) in [7, 11) is 0. The normalized spacial score (nSPS) is 24.8. The molecule has 0 spiro atoms. The van der Waals surface area contributed by atoms with Crippen LogP contribution < -0.4 is 0 Å². The number of ether oxygens (including phenoxy) is 1. The molecular formula is C12H20F3NO3. The lowest BCUT2D eigenvalue weighted by molar-refractivity contribution is -0.174. The smallest absolute Gasteiger partial charge is 0.411 e. The van der Waals surface area contributed by atoms with Gasteiger partial charge in [-0.05, 0) is 32.2 Å². The summed E-state index contributed by atoms with van der Waals surface area (Å²) in [4.78, 5) is 13.2. The average molecular weight is 283 g/mol. The van der Waals surface area contributed by atoms with Gasteiger partial charge in [0, 0.05) is 13.2 Å². The summed E-state index contributed by atoms with van der Waals surface area (Å²) in [5.41, 5.74) is -0.843. The molecule has 1 atom stereocenters. The second-order valence-electron chi connectivity index (χ2n) is 4.80. The van der Waals surface area contributed by atoms with Crippen molar-refractivity contribution in [2.24, 2.45) is 0 Å². The molecule has 1 aliphatic heterocycles. The number of alkyl halides is 3. The predicted molar refractivity (Wildman–Crippen MR) is 63.0 cm³/mol. The zero-order valence-electron chi connectivity index (χ0n) is 11.0. The Labute approximate surface area is 110 Å². The Morgan fingerprint density at radius 3 is 2.68 bits per heavy atom. The van der Waals surface area contributed by atoms with Crippen LogP contribution in [0.15, 0.2) is 0 Å². The number of rotatable bonds is 7. The SMILES string of the molecule is CCC1(C(=O)O)CCCN1CCCOCC(F)(F)F. The Bertz CT molecular complexity index is 309. The summed E-state index contributed by atoms with van der Waals surface area (Å²) in [6.45, 7) is 1.71. The van der Waals surface area contributed by atoms with Gasteiger partial charge in [0.15, 0.2) is 0 Å². The van der Waals surface area contributed by atoms with Crippen molar-refractivity contribution in [1.29, 1.82) is 0 Å². The molecule has 0 bridgehead atoms. The van der Waals surface area contributed by atoms with E-state index in [-0.39, 0.29) is 6.61 Å². The molecule has 0 saturated carbocycles. The van der Waals surface area contributed by atoms with Gasteiger partial charge in [0.25, 0.3) is 0 Å². The highest BCUT2D eigenvalue weighted by Crippen LogP contribution is 2.32. The molecule has 0 aliphatic carbocycles. The van der Waals surface area contributed by atoms with Crippen molar-refractivity contribution in [2.45, 2.75) is 44.3 Å². The third-order valence-corrected chi connectivity index (χ3v) is 3.59. The molecule has 19 heavy (non-hydrogen) atoms. The van der Waals surface area contributed by atoms with Gasteiger partial charge in [-0.15, -0.1) is 0 Å². The first-order valence-electron chi connectivity index (χ1n) is 6.45. The Hall–Kier alpha value is -0.820. The maximum Gasteiger partial charge on any atom is 0.411 e. The van der Waals surface area contributed by atoms with Crippen molar-refractivity contribution < 1.29 is 27.8 Å². The van der Waals surface area contributed by atoms with Crippen LogP contribution in [0.5, 0.6) is 0 Å². The van der Waals surface area contributed by atoms with Crippen molar-refractivity contribution in [3.8, 4) is 0 Å². The monoisotopic (exact) mass is 283 g/mol. The second-order valence-corrected chi connectivity index (χ2v) is 4.80. The first kappa shape index (κ1) is 16.2. The summed E-state index contributed by atoms with van der Waals surface area (Å²) in [5, 5.41) is 9.32. The van der Waals surface area contributed by atoms with E-state index in [1.807, 2.05) is 11.8 Å². The Morgan fingerprint density at radius 1 is 1.47 bits per heavy atom. The fraction of sp³-hybridized carbons (Fsp3) is 0.917. The van der Waals surface area contributed by atoms with Crippen LogP contribution in [0.3, 0.4) is 0 Å². The average Bonchev–Trinajstić information content (AvgIpc) is 2.71. The van der Waals surface area contributed by atoms with Crippen LogP contribution in [-0.4, -0.2) is 54.0 Å². The van der Waals surface area contributed by atoms with E-state index in [1.165, 1.54) is 0 Å². The fourth-order valence-electron chi connectivity index (χ4n) is 2.60. The van der Waals surface area contributed by atoms with E-state index in [2.05, 4.69) is 4.74 Å². The molecule has 1 rings (SSSR count). The summed E-state index contributed by atoms with van der Waals surface area (Å²) >= 11 is 0. The molecule has 1 unspecified atom stereocenters. The van der Waals surface area contributed by atoms with E-state index in [4.69, 9.17) is 0 Å². The third kappa shape index (κ3) is 4.35. The molecule has 1 saturated heterocycles. The van der Waals surface area contributed by atoms with Gasteiger partial charge < -0.3 is 9.84 Å². The fourth-order valence-corrected chi connectivity index (χ4v) is 2.60. The van der Waals surface area contributed by atoms with Crippen LogP contribution in [0.2, 0.25) is 0 Å². The highest BCUT2D eigenvalue weighted by atomic mass is 19.4. The van der Waals surface area contributed by atoms with Crippen LogP contribution in [0.25, 0.3) is 0 Å². The van der Waals surface area contributed by atoms with E-state index in [1.54, 1.807) is 0 Å². The topological polar surface area (TPSA) is 49.8 Å². The van der Waals surface area contributed by atoms with Gasteiger partial charge in [0.2, 0.25) is 0 Å². The quantitative estimate of drug-likeness (QED) is 0.728. The predicted octanol–water partition coefficient (Wildman–Crippen LogP) is 2.28. The van der Waals surface area contributed by atoms with Crippen LogP contribution in [0.4, 0.5) is 13.2 Å². The van der Waals surface area contributed by atoms with E-state index >= 15 is 0 Å². The van der Waals surface area contributed by atoms with Gasteiger partial charge in [-0.2, -0.15) is 13.2 Å². The first-order valence-corrected chi connectivity index (χ1v) is 6.45. The molecule has 1 aliphatic rings. The van der Waals surface area contributed by atoms with Crippen molar-refractivity contribution >= 4 is 5.97 Å². The van der Waals surface area contributed by atoms with E-state index in [0.29, 0.717) is 32.4 Å². The molecule has 1 heterocycles. The third-order valence-electron chi connectivity index (χ3n) is 3.59. The highest BCUT2D eigenvalue weighted by molar-refractivity contribution is 5.79. The number of nitrogens with zero attached hydrogens (tertiary/aromatic N) is 1. The number of likely N-dealkylation sites (tertiary alicyclic amines) is 1. The van der Waals surface area contributed by atoms with Gasteiger partial charge in [-0.3, -0.25) is 9.69 Å². The summed E-state index contributed by atoms with van der Waals surface area (Å²) in [6, 6.07) is 0. The molecule has 4 nitrogen and oxygen atoms in total. The van der Waals surface area contributed by atoms with Gasteiger partial charge >= 0.3 is 12.1 Å². The second kappa shape index (κ2) is 6.56. The maximum atomic E-state index is 11.9. The Kier molecular flexibility index (Phi) is 5.61. The maximum absolute atomic E-state index is 11.9. The summed E-state index contributed by atoms with van der Waals surface area (Å²) in [5.74, 6) is -0.844. The number of carboxylic acids is 1. The zero-order valence-corrected chi connectivity index (χ0v) is 11.0. The lowest BCUT2D eigenvalue weighted by Gasteiger charge is -2.33. The van der Waals surface area contributed by atoms with Crippen LogP contribution in [0.1, 0.15) is 32.6 Å². The molecule has 0 amide bonds. The molecule has 0 aromatic carbocycles. The van der Waals surface area contributed by atoms with Crippen LogP contribution >= 0.6 is 0 Å². The van der Waals surface area contributed by atoms with Crippen molar-refractivity contribution in [2.75, 3.05) is 26.3 Å². The minimum absolute atomic E-state index is 0.00454. The number of carboxylic acid groups (broad SMARTS) is 1.